The van der Waals surface area contributed by atoms with Gasteiger partial charge in [-0.2, -0.15) is 0 Å². The summed E-state index contributed by atoms with van der Waals surface area (Å²) in [5.41, 5.74) is 0. The van der Waals surface area contributed by atoms with E-state index in [0.717, 1.165) is 0 Å². The fourth-order valence-electron chi connectivity index (χ4n) is 0. The maximum absolute atomic E-state index is 9.84. The van der Waals surface area contributed by atoms with Crippen molar-refractivity contribution in [1.29, 1.82) is 0 Å². The Morgan fingerprint density at radius 2 is 1.50 bits per heavy atom. The molecule has 0 rings (SSSR count). The van der Waals surface area contributed by atoms with E-state index in [0.29, 0.717) is 0 Å². The van der Waals surface area contributed by atoms with Gasteiger partial charge in [-0.25, -0.2) is 0 Å². The third kappa shape index (κ3) is 1130. The molecule has 0 saturated carbocycles. The van der Waals surface area contributed by atoms with Crippen molar-refractivity contribution in [2.45, 2.75) is 0 Å². The van der Waals surface area contributed by atoms with E-state index in [9.17, 15) is 8.39 Å². The first-order valence-electron chi connectivity index (χ1n) is 0.521. The Bertz CT molecular complexity index is 29.0. The van der Waals surface area contributed by atoms with Gasteiger partial charge in [-0.15, -0.1) is 0 Å². The Balaban J connectivity index is 2.80. The molecule has 1 nitrogen and oxygen atoms in total. The third-order valence-corrected chi connectivity index (χ3v) is 0. The monoisotopic (exact) mass is 85.0 g/mol. The van der Waals surface area contributed by atoms with Gasteiger partial charge in [0.05, 0.1) is 8.39 Å². The van der Waals surface area contributed by atoms with Gasteiger partial charge >= 0.3 is 8.42 Å². The SMILES string of the molecule is O=[P+](F)F. The van der Waals surface area contributed by atoms with E-state index < -0.39 is 8.42 Å². The van der Waals surface area contributed by atoms with Crippen LogP contribution in [0.5, 0.6) is 0 Å². The predicted molar refractivity (Wildman–Crippen MR) is 9.82 cm³/mol. The molecule has 0 aliphatic carbocycles. The zero-order chi connectivity index (χ0) is 3.58. The highest BCUT2D eigenvalue weighted by molar-refractivity contribution is 7.32. The van der Waals surface area contributed by atoms with Crippen LogP contribution in [0, 0.1) is 0 Å². The predicted octanol–water partition coefficient (Wildman–Crippen LogP) is 1.58. The summed E-state index contributed by atoms with van der Waals surface area (Å²) in [5.74, 6) is 0. The average Bonchev–Trinajstić information content (AvgIpc) is 0.811. The molecule has 0 aromatic rings. The lowest BCUT2D eigenvalue weighted by Crippen LogP contribution is -1.04. The van der Waals surface area contributed by atoms with Crippen LogP contribution < -0.4 is 0 Å². The van der Waals surface area contributed by atoms with Crippen LogP contribution in [0.1, 0.15) is 0 Å². The van der Waals surface area contributed by atoms with Gasteiger partial charge < -0.3 is 0 Å². The van der Waals surface area contributed by atoms with Crippen LogP contribution >= 0.6 is 8.42 Å². The van der Waals surface area contributed by atoms with Gasteiger partial charge in [0.25, 0.3) is 0 Å². The van der Waals surface area contributed by atoms with Crippen molar-refractivity contribution in [3.05, 3.63) is 0 Å². The Labute approximate surface area is 22.7 Å². The van der Waals surface area contributed by atoms with E-state index in [2.05, 4.69) is 0 Å². The molecule has 0 aliphatic heterocycles. The van der Waals surface area contributed by atoms with Gasteiger partial charge in [0.2, 0.25) is 0 Å². The first-order valence-corrected chi connectivity index (χ1v) is 1.56. The van der Waals surface area contributed by atoms with Crippen LogP contribution in [0.15, 0.2) is 0 Å². The molecule has 0 aliphatic rings. The molecular weight excluding hydrogens is 85.0 g/mol. The minimum absolute atomic E-state index is 3.87. The summed E-state index contributed by atoms with van der Waals surface area (Å²) in [6.07, 6.45) is 0. The fourth-order valence-corrected chi connectivity index (χ4v) is 0. The van der Waals surface area contributed by atoms with Crippen LogP contribution in [0.4, 0.5) is 8.39 Å². The smallest absolute Gasteiger partial charge is 0.0213 e. The van der Waals surface area contributed by atoms with Gasteiger partial charge in [-0.3, -0.25) is 0 Å². The van der Waals surface area contributed by atoms with E-state index in [1.807, 2.05) is 0 Å². The van der Waals surface area contributed by atoms with Crippen LogP contribution in [-0.4, -0.2) is 0 Å². The number of hydrogen-bond acceptors (Lipinski definition) is 1. The highest BCUT2D eigenvalue weighted by Crippen LogP contribution is 2.20. The van der Waals surface area contributed by atoms with Crippen LogP contribution in [0.3, 0.4) is 0 Å². The number of hydrogen-bond donors (Lipinski definition) is 0. The second kappa shape index (κ2) is 1.30. The first kappa shape index (κ1) is 3.96. The molecule has 0 radical (unpaired) electrons. The lowest BCUT2D eigenvalue weighted by molar-refractivity contribution is 0.521. The molecular formula is F2OP+. The summed E-state index contributed by atoms with van der Waals surface area (Å²) in [6.45, 7) is 0. The molecule has 24 valence electrons. The van der Waals surface area contributed by atoms with Gasteiger partial charge in [0, 0.05) is 4.57 Å². The van der Waals surface area contributed by atoms with E-state index in [-0.39, 0.29) is 0 Å². The molecule has 0 bridgehead atoms. The lowest BCUT2D eigenvalue weighted by Gasteiger charge is -1.18. The molecule has 0 fully saturated rings. The van der Waals surface area contributed by atoms with Crippen LogP contribution in [-0.2, 0) is 4.57 Å². The van der Waals surface area contributed by atoms with Crippen molar-refractivity contribution >= 4 is 8.42 Å². The molecule has 0 spiro atoms. The Hall–Kier alpha value is -0.0400. The minimum atomic E-state index is -3.87. The largest absolute Gasteiger partial charge is 0.795 e. The quantitative estimate of drug-likeness (QED) is 0.408. The van der Waals surface area contributed by atoms with Crippen molar-refractivity contribution in [2.75, 3.05) is 0 Å². The summed E-state index contributed by atoms with van der Waals surface area (Å²) in [6, 6.07) is 0. The minimum Gasteiger partial charge on any atom is 0.0213 e. The zero-order valence-electron chi connectivity index (χ0n) is 1.61. The topological polar surface area (TPSA) is 17.1 Å². The summed E-state index contributed by atoms with van der Waals surface area (Å²) >= 11 is 0. The highest BCUT2D eigenvalue weighted by Gasteiger charge is 2.06. The van der Waals surface area contributed by atoms with Crippen LogP contribution in [0.2, 0.25) is 0 Å². The number of rotatable bonds is 0. The Morgan fingerprint density at radius 1 is 1.50 bits per heavy atom. The van der Waals surface area contributed by atoms with Crippen LogP contribution in [0.25, 0.3) is 0 Å². The second-order valence-electron chi connectivity index (χ2n) is 0.202. The van der Waals surface area contributed by atoms with Crippen molar-refractivity contribution in [1.82, 2.24) is 0 Å². The molecule has 0 heterocycles. The normalized spacial score (nSPS) is 6.50. The van der Waals surface area contributed by atoms with E-state index in [1.165, 1.54) is 0 Å². The van der Waals surface area contributed by atoms with Gasteiger partial charge in [-0.1, -0.05) is 0 Å². The summed E-state index contributed by atoms with van der Waals surface area (Å²) < 4.78 is 27.9. The lowest BCUT2D eigenvalue weighted by atomic mass is 16.0. The molecule has 4 heavy (non-hydrogen) atoms. The van der Waals surface area contributed by atoms with Crippen molar-refractivity contribution in [3.8, 4) is 0 Å². The average molecular weight is 85.0 g/mol. The van der Waals surface area contributed by atoms with E-state index in [1.54, 1.807) is 0 Å². The summed E-state index contributed by atoms with van der Waals surface area (Å²) in [4.78, 5) is 0. The van der Waals surface area contributed by atoms with E-state index in [4.69, 9.17) is 4.57 Å². The maximum Gasteiger partial charge on any atom is 0.795 e. The molecule has 0 aromatic heterocycles. The Morgan fingerprint density at radius 3 is 1.50 bits per heavy atom. The van der Waals surface area contributed by atoms with Gasteiger partial charge in [-0.05, 0) is 0 Å². The van der Waals surface area contributed by atoms with E-state index >= 15 is 0 Å². The van der Waals surface area contributed by atoms with Gasteiger partial charge in [0.1, 0.15) is 0 Å². The number of halogens is 2. The van der Waals surface area contributed by atoms with Crippen molar-refractivity contribution in [3.63, 3.8) is 0 Å². The standard InChI is InChI=1S/F2OP/c1-4(2)3/q+1. The first-order chi connectivity index (χ1) is 1.73. The summed E-state index contributed by atoms with van der Waals surface area (Å²) in [7, 11) is -3.87. The molecule has 0 N–H and O–H groups in total. The summed E-state index contributed by atoms with van der Waals surface area (Å²) in [5, 5.41) is 0. The Kier molecular flexibility index (Phi) is 1.28. The zero-order valence-corrected chi connectivity index (χ0v) is 2.51. The highest BCUT2D eigenvalue weighted by atomic mass is 31.2. The molecule has 0 aromatic carbocycles. The molecule has 4 heteroatoms. The maximum atomic E-state index is 9.84. The molecule has 0 unspecified atom stereocenters. The van der Waals surface area contributed by atoms with Crippen molar-refractivity contribution in [2.24, 2.45) is 0 Å². The molecule has 0 saturated heterocycles. The van der Waals surface area contributed by atoms with Crippen molar-refractivity contribution < 1.29 is 13.0 Å². The third-order valence-electron chi connectivity index (χ3n) is 0. The molecule has 0 atom stereocenters. The fraction of sp³-hybridized carbons (Fsp3) is 0. The van der Waals surface area contributed by atoms with Gasteiger partial charge in [0.15, 0.2) is 0 Å². The second-order valence-corrected chi connectivity index (χ2v) is 0.606. The molecule has 0 amide bonds.